The Labute approximate surface area is 125 Å². The molecular weight excluding hydrogens is 270 g/mol. The maximum Gasteiger partial charge on any atom is 0.203 e. The van der Waals surface area contributed by atoms with Crippen LogP contribution in [0.5, 0.6) is 17.2 Å². The molecule has 0 fully saturated rings. The third-order valence-electron chi connectivity index (χ3n) is 3.68. The maximum absolute atomic E-state index is 6.00. The predicted octanol–water partition coefficient (Wildman–Crippen LogP) is 1.79. The Balaban J connectivity index is 2.49. The SMILES string of the molecule is COc1ccc(C2CN=C(N)N2C(C)C)c(OC)c1OC. The molecule has 1 heterocycles. The number of benzene rings is 1. The minimum atomic E-state index is 0.0414. The molecule has 116 valence electrons. The second kappa shape index (κ2) is 6.11. The lowest BCUT2D eigenvalue weighted by atomic mass is 10.0. The quantitative estimate of drug-likeness (QED) is 0.896. The number of guanidine groups is 1. The monoisotopic (exact) mass is 293 g/mol. The summed E-state index contributed by atoms with van der Waals surface area (Å²) < 4.78 is 16.3. The first-order chi connectivity index (χ1) is 10.0. The molecule has 6 heteroatoms. The summed E-state index contributed by atoms with van der Waals surface area (Å²) in [6.45, 7) is 4.79. The first-order valence-corrected chi connectivity index (χ1v) is 6.92. The van der Waals surface area contributed by atoms with Gasteiger partial charge in [0.05, 0.1) is 33.9 Å². The molecule has 0 spiro atoms. The van der Waals surface area contributed by atoms with Crippen molar-refractivity contribution in [1.29, 1.82) is 0 Å². The summed E-state index contributed by atoms with van der Waals surface area (Å²) in [6.07, 6.45) is 0. The number of nitrogens with zero attached hydrogens (tertiary/aromatic N) is 2. The highest BCUT2D eigenvalue weighted by atomic mass is 16.5. The summed E-state index contributed by atoms with van der Waals surface area (Å²) in [7, 11) is 4.83. The van der Waals surface area contributed by atoms with Gasteiger partial charge in [0, 0.05) is 11.6 Å². The number of hydrogen-bond acceptors (Lipinski definition) is 6. The molecule has 0 saturated heterocycles. The molecule has 1 aromatic carbocycles. The van der Waals surface area contributed by atoms with E-state index in [1.807, 2.05) is 12.1 Å². The van der Waals surface area contributed by atoms with Crippen molar-refractivity contribution in [2.45, 2.75) is 25.9 Å². The van der Waals surface area contributed by atoms with Crippen LogP contribution in [-0.2, 0) is 0 Å². The van der Waals surface area contributed by atoms with Crippen molar-refractivity contribution < 1.29 is 14.2 Å². The molecular formula is C15H23N3O3. The Morgan fingerprint density at radius 1 is 1.14 bits per heavy atom. The molecule has 1 aromatic rings. The van der Waals surface area contributed by atoms with E-state index in [4.69, 9.17) is 19.9 Å². The molecule has 2 N–H and O–H groups in total. The fourth-order valence-corrected chi connectivity index (χ4v) is 2.77. The molecule has 0 amide bonds. The summed E-state index contributed by atoms with van der Waals surface area (Å²) >= 11 is 0. The molecule has 0 saturated carbocycles. The van der Waals surface area contributed by atoms with Crippen LogP contribution in [0, 0.1) is 0 Å². The molecule has 0 aromatic heterocycles. The summed E-state index contributed by atoms with van der Waals surface area (Å²) in [5.74, 6) is 2.46. The number of methoxy groups -OCH3 is 3. The van der Waals surface area contributed by atoms with Gasteiger partial charge in [-0.3, -0.25) is 4.99 Å². The summed E-state index contributed by atoms with van der Waals surface area (Å²) in [5, 5.41) is 0. The van der Waals surface area contributed by atoms with Gasteiger partial charge in [0.1, 0.15) is 0 Å². The lowest BCUT2D eigenvalue weighted by molar-refractivity contribution is 0.274. The van der Waals surface area contributed by atoms with Gasteiger partial charge < -0.3 is 24.8 Å². The highest BCUT2D eigenvalue weighted by Gasteiger charge is 2.33. The topological polar surface area (TPSA) is 69.3 Å². The Bertz CT molecular complexity index is 543. The predicted molar refractivity (Wildman–Crippen MR) is 82.3 cm³/mol. The van der Waals surface area contributed by atoms with Crippen molar-refractivity contribution >= 4 is 5.96 Å². The normalized spacial score (nSPS) is 17.9. The zero-order chi connectivity index (χ0) is 15.6. The lowest BCUT2D eigenvalue weighted by Gasteiger charge is -2.31. The van der Waals surface area contributed by atoms with Gasteiger partial charge in [-0.1, -0.05) is 0 Å². The molecule has 0 bridgehead atoms. The van der Waals surface area contributed by atoms with Crippen molar-refractivity contribution in [1.82, 2.24) is 4.90 Å². The molecule has 2 rings (SSSR count). The van der Waals surface area contributed by atoms with Crippen LogP contribution in [0.4, 0.5) is 0 Å². The Morgan fingerprint density at radius 2 is 1.81 bits per heavy atom. The van der Waals surface area contributed by atoms with Gasteiger partial charge in [-0.2, -0.15) is 0 Å². The van der Waals surface area contributed by atoms with Gasteiger partial charge in [0.15, 0.2) is 17.5 Å². The van der Waals surface area contributed by atoms with Crippen LogP contribution in [0.25, 0.3) is 0 Å². The molecule has 21 heavy (non-hydrogen) atoms. The zero-order valence-electron chi connectivity index (χ0n) is 13.2. The maximum atomic E-state index is 6.00. The summed E-state index contributed by atoms with van der Waals surface area (Å²) in [6, 6.07) is 4.15. The van der Waals surface area contributed by atoms with E-state index in [1.54, 1.807) is 21.3 Å². The smallest absolute Gasteiger partial charge is 0.203 e. The lowest BCUT2D eigenvalue weighted by Crippen LogP contribution is -2.41. The first kappa shape index (κ1) is 15.3. The molecule has 0 radical (unpaired) electrons. The van der Waals surface area contributed by atoms with Gasteiger partial charge in [0.2, 0.25) is 5.75 Å². The zero-order valence-corrected chi connectivity index (χ0v) is 13.2. The van der Waals surface area contributed by atoms with Crippen LogP contribution in [0.2, 0.25) is 0 Å². The van der Waals surface area contributed by atoms with Gasteiger partial charge in [0.25, 0.3) is 0 Å². The van der Waals surface area contributed by atoms with Gasteiger partial charge in [-0.15, -0.1) is 0 Å². The molecule has 6 nitrogen and oxygen atoms in total. The average molecular weight is 293 g/mol. The van der Waals surface area contributed by atoms with Crippen LogP contribution >= 0.6 is 0 Å². The number of nitrogens with two attached hydrogens (primary N) is 1. The van der Waals surface area contributed by atoms with Crippen molar-refractivity contribution in [2.24, 2.45) is 10.7 Å². The van der Waals surface area contributed by atoms with E-state index in [9.17, 15) is 0 Å². The molecule has 1 aliphatic heterocycles. The number of rotatable bonds is 5. The van der Waals surface area contributed by atoms with Crippen LogP contribution in [0.3, 0.4) is 0 Å². The van der Waals surface area contributed by atoms with Crippen molar-refractivity contribution in [2.75, 3.05) is 27.9 Å². The van der Waals surface area contributed by atoms with E-state index in [-0.39, 0.29) is 12.1 Å². The second-order valence-electron chi connectivity index (χ2n) is 5.14. The average Bonchev–Trinajstić information content (AvgIpc) is 2.87. The van der Waals surface area contributed by atoms with Crippen LogP contribution in [0.15, 0.2) is 17.1 Å². The van der Waals surface area contributed by atoms with Gasteiger partial charge >= 0.3 is 0 Å². The van der Waals surface area contributed by atoms with Crippen molar-refractivity contribution in [3.05, 3.63) is 17.7 Å². The van der Waals surface area contributed by atoms with E-state index in [2.05, 4.69) is 23.7 Å². The first-order valence-electron chi connectivity index (χ1n) is 6.92. The number of hydrogen-bond donors (Lipinski definition) is 1. The molecule has 1 unspecified atom stereocenters. The molecule has 0 aliphatic carbocycles. The van der Waals surface area contributed by atoms with Crippen molar-refractivity contribution in [3.63, 3.8) is 0 Å². The van der Waals surface area contributed by atoms with E-state index in [0.29, 0.717) is 29.8 Å². The molecule has 1 aliphatic rings. The number of aliphatic imine (C=N–C) groups is 1. The fraction of sp³-hybridized carbons (Fsp3) is 0.533. The fourth-order valence-electron chi connectivity index (χ4n) is 2.77. The third-order valence-corrected chi connectivity index (χ3v) is 3.68. The minimum absolute atomic E-state index is 0.0414. The van der Waals surface area contributed by atoms with Crippen molar-refractivity contribution in [3.8, 4) is 17.2 Å². The van der Waals surface area contributed by atoms with E-state index < -0.39 is 0 Å². The third kappa shape index (κ3) is 2.57. The largest absolute Gasteiger partial charge is 0.493 e. The highest BCUT2D eigenvalue weighted by molar-refractivity contribution is 5.81. The Morgan fingerprint density at radius 3 is 2.33 bits per heavy atom. The second-order valence-corrected chi connectivity index (χ2v) is 5.14. The standard InChI is InChI=1S/C15H23N3O3/c1-9(2)18-11(8-17-15(18)16)10-6-7-12(19-3)14(21-5)13(10)20-4/h6-7,9,11H,8H2,1-5H3,(H2,16,17). The number of ether oxygens (including phenoxy) is 3. The van der Waals surface area contributed by atoms with E-state index in [0.717, 1.165) is 5.56 Å². The summed E-state index contributed by atoms with van der Waals surface area (Å²) in [5.41, 5.74) is 7.00. The van der Waals surface area contributed by atoms with E-state index in [1.165, 1.54) is 0 Å². The van der Waals surface area contributed by atoms with Crippen LogP contribution in [-0.4, -0.2) is 44.8 Å². The van der Waals surface area contributed by atoms with Crippen LogP contribution < -0.4 is 19.9 Å². The van der Waals surface area contributed by atoms with E-state index >= 15 is 0 Å². The highest BCUT2D eigenvalue weighted by Crippen LogP contribution is 2.44. The Hall–Kier alpha value is -2.11. The van der Waals surface area contributed by atoms with Gasteiger partial charge in [-0.25, -0.2) is 0 Å². The Kier molecular flexibility index (Phi) is 4.45. The van der Waals surface area contributed by atoms with Crippen LogP contribution in [0.1, 0.15) is 25.5 Å². The minimum Gasteiger partial charge on any atom is -0.493 e. The molecule has 1 atom stereocenters. The van der Waals surface area contributed by atoms with Gasteiger partial charge in [-0.05, 0) is 26.0 Å². The summed E-state index contributed by atoms with van der Waals surface area (Å²) in [4.78, 5) is 6.45.